The van der Waals surface area contributed by atoms with Crippen LogP contribution in [0.4, 0.5) is 8.78 Å². The summed E-state index contributed by atoms with van der Waals surface area (Å²) in [4.78, 5) is 33.3. The van der Waals surface area contributed by atoms with Gasteiger partial charge in [0.05, 0.1) is 10.6 Å². The minimum Gasteiger partial charge on any atom is -0.480 e. The average Bonchev–Trinajstić information content (AvgIpc) is 2.37. The predicted octanol–water partition coefficient (Wildman–Crippen LogP) is 1.07. The zero-order valence-electron chi connectivity index (χ0n) is 10.5. The molecule has 0 aliphatic rings. The van der Waals surface area contributed by atoms with E-state index in [1.54, 1.807) is 0 Å². The van der Waals surface area contributed by atoms with Crippen molar-refractivity contribution >= 4 is 29.4 Å². The highest BCUT2D eigenvalue weighted by atomic mass is 35.5. The Kier molecular flexibility index (Phi) is 5.60. The van der Waals surface area contributed by atoms with Gasteiger partial charge < -0.3 is 16.2 Å². The Bertz CT molecular complexity index is 595. The molecule has 1 unspecified atom stereocenters. The van der Waals surface area contributed by atoms with Gasteiger partial charge in [0.1, 0.15) is 17.7 Å². The highest BCUT2D eigenvalue weighted by molar-refractivity contribution is 6.30. The minimum absolute atomic E-state index is 0.270. The number of amides is 2. The third-order valence-electron chi connectivity index (χ3n) is 2.54. The van der Waals surface area contributed by atoms with Crippen LogP contribution < -0.4 is 11.1 Å². The molecule has 2 amide bonds. The SMILES string of the molecule is NC(=O)CCC(NC(=O)c1cc(F)c(Cl)cc1F)C(=O)O. The lowest BCUT2D eigenvalue weighted by Gasteiger charge is -2.14. The van der Waals surface area contributed by atoms with E-state index in [9.17, 15) is 23.2 Å². The van der Waals surface area contributed by atoms with E-state index in [4.69, 9.17) is 22.4 Å². The number of carbonyl (C=O) groups is 3. The Labute approximate surface area is 122 Å². The fourth-order valence-corrected chi connectivity index (χ4v) is 1.63. The number of carboxylic acids is 1. The van der Waals surface area contributed by atoms with Crippen LogP contribution in [0.15, 0.2) is 12.1 Å². The summed E-state index contributed by atoms with van der Waals surface area (Å²) in [6, 6.07) is -0.298. The molecule has 9 heteroatoms. The van der Waals surface area contributed by atoms with Gasteiger partial charge in [-0.1, -0.05) is 11.6 Å². The lowest BCUT2D eigenvalue weighted by Crippen LogP contribution is -2.41. The summed E-state index contributed by atoms with van der Waals surface area (Å²) in [7, 11) is 0. The second-order valence-electron chi connectivity index (χ2n) is 4.12. The number of benzene rings is 1. The predicted molar refractivity (Wildman–Crippen MR) is 68.7 cm³/mol. The maximum Gasteiger partial charge on any atom is 0.326 e. The van der Waals surface area contributed by atoms with Gasteiger partial charge >= 0.3 is 5.97 Å². The highest BCUT2D eigenvalue weighted by Crippen LogP contribution is 2.19. The van der Waals surface area contributed by atoms with Crippen molar-refractivity contribution in [2.75, 3.05) is 0 Å². The first kappa shape index (κ1) is 16.8. The van der Waals surface area contributed by atoms with Crippen LogP contribution in [0.2, 0.25) is 5.02 Å². The van der Waals surface area contributed by atoms with E-state index in [0.29, 0.717) is 12.1 Å². The quantitative estimate of drug-likeness (QED) is 0.681. The maximum atomic E-state index is 13.5. The lowest BCUT2D eigenvalue weighted by atomic mass is 10.1. The van der Waals surface area contributed by atoms with Crippen molar-refractivity contribution in [1.29, 1.82) is 0 Å². The third kappa shape index (κ3) is 4.67. The second kappa shape index (κ2) is 6.98. The largest absolute Gasteiger partial charge is 0.480 e. The first-order chi connectivity index (χ1) is 9.72. The molecule has 114 valence electrons. The molecular weight excluding hydrogens is 310 g/mol. The molecule has 1 aromatic rings. The smallest absolute Gasteiger partial charge is 0.326 e. The average molecular weight is 321 g/mol. The Morgan fingerprint density at radius 3 is 2.43 bits per heavy atom. The van der Waals surface area contributed by atoms with Crippen LogP contribution in [0.25, 0.3) is 0 Å². The molecule has 0 fully saturated rings. The van der Waals surface area contributed by atoms with Gasteiger partial charge in [-0.25, -0.2) is 13.6 Å². The van der Waals surface area contributed by atoms with Gasteiger partial charge in [-0.15, -0.1) is 0 Å². The Morgan fingerprint density at radius 2 is 1.90 bits per heavy atom. The summed E-state index contributed by atoms with van der Waals surface area (Å²) in [5.74, 6) is -5.44. The number of rotatable bonds is 6. The molecule has 6 nitrogen and oxygen atoms in total. The first-order valence-electron chi connectivity index (χ1n) is 5.69. The molecule has 21 heavy (non-hydrogen) atoms. The fraction of sp³-hybridized carbons (Fsp3) is 0.250. The summed E-state index contributed by atoms with van der Waals surface area (Å²) in [6.07, 6.45) is -0.553. The van der Waals surface area contributed by atoms with E-state index in [1.807, 2.05) is 5.32 Å². The number of primary amides is 1. The normalized spacial score (nSPS) is 11.8. The summed E-state index contributed by atoms with van der Waals surface area (Å²) < 4.78 is 26.7. The van der Waals surface area contributed by atoms with Crippen molar-refractivity contribution in [3.63, 3.8) is 0 Å². The number of hydrogen-bond acceptors (Lipinski definition) is 3. The van der Waals surface area contributed by atoms with Gasteiger partial charge in [-0.2, -0.15) is 0 Å². The molecule has 0 aliphatic heterocycles. The van der Waals surface area contributed by atoms with Gasteiger partial charge in [-0.05, 0) is 18.6 Å². The van der Waals surface area contributed by atoms with Crippen LogP contribution in [0.1, 0.15) is 23.2 Å². The number of nitrogens with one attached hydrogen (secondary N) is 1. The van der Waals surface area contributed by atoms with E-state index in [2.05, 4.69) is 0 Å². The topological polar surface area (TPSA) is 109 Å². The van der Waals surface area contributed by atoms with Crippen molar-refractivity contribution in [3.8, 4) is 0 Å². The van der Waals surface area contributed by atoms with Crippen molar-refractivity contribution in [2.24, 2.45) is 5.73 Å². The van der Waals surface area contributed by atoms with Crippen LogP contribution in [0.3, 0.4) is 0 Å². The number of carboxylic acid groups (broad SMARTS) is 1. The molecule has 0 saturated carbocycles. The van der Waals surface area contributed by atoms with E-state index >= 15 is 0 Å². The lowest BCUT2D eigenvalue weighted by molar-refractivity contribution is -0.139. The molecule has 0 heterocycles. The summed E-state index contributed by atoms with van der Waals surface area (Å²) in [6.45, 7) is 0. The highest BCUT2D eigenvalue weighted by Gasteiger charge is 2.23. The van der Waals surface area contributed by atoms with E-state index < -0.39 is 46.0 Å². The molecular formula is C12H11ClF2N2O4. The summed E-state index contributed by atoms with van der Waals surface area (Å²) in [5, 5.41) is 10.4. The third-order valence-corrected chi connectivity index (χ3v) is 2.83. The van der Waals surface area contributed by atoms with Crippen LogP contribution in [0, 0.1) is 11.6 Å². The fourth-order valence-electron chi connectivity index (χ4n) is 1.48. The molecule has 4 N–H and O–H groups in total. The van der Waals surface area contributed by atoms with Crippen LogP contribution in [-0.2, 0) is 9.59 Å². The van der Waals surface area contributed by atoms with Crippen LogP contribution in [-0.4, -0.2) is 28.9 Å². The second-order valence-corrected chi connectivity index (χ2v) is 4.52. The van der Waals surface area contributed by atoms with Crippen LogP contribution in [0.5, 0.6) is 0 Å². The molecule has 1 aromatic carbocycles. The minimum atomic E-state index is -1.46. The van der Waals surface area contributed by atoms with Crippen molar-refractivity contribution in [3.05, 3.63) is 34.4 Å². The van der Waals surface area contributed by atoms with Gasteiger partial charge in [-0.3, -0.25) is 9.59 Å². The number of carbonyl (C=O) groups excluding carboxylic acids is 2. The molecule has 0 spiro atoms. The molecule has 1 atom stereocenters. The number of halogens is 3. The Morgan fingerprint density at radius 1 is 1.29 bits per heavy atom. The first-order valence-corrected chi connectivity index (χ1v) is 6.06. The number of nitrogens with two attached hydrogens (primary N) is 1. The van der Waals surface area contributed by atoms with Crippen molar-refractivity contribution in [1.82, 2.24) is 5.32 Å². The number of aliphatic carboxylic acids is 1. The Hall–Kier alpha value is -2.22. The molecule has 0 saturated heterocycles. The summed E-state index contributed by atoms with van der Waals surface area (Å²) >= 11 is 5.34. The monoisotopic (exact) mass is 320 g/mol. The Balaban J connectivity index is 2.89. The van der Waals surface area contributed by atoms with Gasteiger partial charge in [0.2, 0.25) is 5.91 Å². The van der Waals surface area contributed by atoms with Gasteiger partial charge in [0.25, 0.3) is 5.91 Å². The van der Waals surface area contributed by atoms with E-state index in [1.165, 1.54) is 0 Å². The number of hydrogen-bond donors (Lipinski definition) is 3. The molecule has 0 aromatic heterocycles. The summed E-state index contributed by atoms with van der Waals surface area (Å²) in [5.41, 5.74) is 4.18. The van der Waals surface area contributed by atoms with Crippen molar-refractivity contribution < 1.29 is 28.3 Å². The standard InChI is InChI=1S/C12H11ClF2N2O4/c13-6-4-7(14)5(3-8(6)15)11(19)17-9(12(20)21)1-2-10(16)18/h3-4,9H,1-2H2,(H2,16,18)(H,17,19)(H,20,21). The molecule has 0 bridgehead atoms. The maximum absolute atomic E-state index is 13.5. The van der Waals surface area contributed by atoms with Gasteiger partial charge in [0.15, 0.2) is 0 Å². The van der Waals surface area contributed by atoms with E-state index in [-0.39, 0.29) is 12.8 Å². The van der Waals surface area contributed by atoms with Crippen molar-refractivity contribution in [2.45, 2.75) is 18.9 Å². The van der Waals surface area contributed by atoms with Gasteiger partial charge in [0, 0.05) is 6.42 Å². The molecule has 1 rings (SSSR count). The van der Waals surface area contributed by atoms with Crippen LogP contribution >= 0.6 is 11.6 Å². The molecule has 0 aliphatic carbocycles. The zero-order valence-corrected chi connectivity index (χ0v) is 11.3. The zero-order chi connectivity index (χ0) is 16.2. The van der Waals surface area contributed by atoms with E-state index in [0.717, 1.165) is 0 Å². The molecule has 0 radical (unpaired) electrons.